The number of hydrogen-bond donors (Lipinski definition) is 2. The van der Waals surface area contributed by atoms with Crippen LogP contribution in [0.2, 0.25) is 0 Å². The Morgan fingerprint density at radius 1 is 1.27 bits per heavy atom. The van der Waals surface area contributed by atoms with Gasteiger partial charge in [0.1, 0.15) is 11.5 Å². The lowest BCUT2D eigenvalue weighted by molar-refractivity contribution is 0.0931. The number of fused-ring (bicyclic) bond motifs is 1. The van der Waals surface area contributed by atoms with E-state index in [4.69, 9.17) is 5.73 Å². The molecule has 1 atom stereocenters. The number of benzene rings is 1. The zero-order chi connectivity index (χ0) is 18.1. The first-order valence-electron chi connectivity index (χ1n) is 8.74. The predicted molar refractivity (Wildman–Crippen MR) is 99.0 cm³/mol. The largest absolute Gasteiger partial charge is 0.344 e. The predicted octanol–water partition coefficient (Wildman–Crippen LogP) is 2.45. The Labute approximate surface area is 152 Å². The van der Waals surface area contributed by atoms with Crippen LogP contribution < -0.4 is 11.1 Å². The normalized spacial score (nSPS) is 15.7. The molecule has 0 bridgehead atoms. The van der Waals surface area contributed by atoms with Gasteiger partial charge in [0, 0.05) is 25.1 Å². The molecule has 0 radical (unpaired) electrons. The van der Waals surface area contributed by atoms with E-state index in [1.165, 1.54) is 11.1 Å². The van der Waals surface area contributed by atoms with E-state index in [2.05, 4.69) is 27.4 Å². The molecular weight excluding hydrogens is 326 g/mol. The second-order valence-corrected chi connectivity index (χ2v) is 6.55. The van der Waals surface area contributed by atoms with Crippen LogP contribution >= 0.6 is 0 Å². The third kappa shape index (κ3) is 2.99. The number of nitrogens with two attached hydrogens (primary N) is 1. The number of nitrogens with zero attached hydrogens (tertiary/aromatic N) is 3. The van der Waals surface area contributed by atoms with Crippen LogP contribution in [0.15, 0.2) is 48.9 Å². The van der Waals surface area contributed by atoms with Crippen LogP contribution in [0.5, 0.6) is 0 Å². The van der Waals surface area contributed by atoms with Crippen molar-refractivity contribution in [2.75, 3.05) is 0 Å². The average molecular weight is 347 g/mol. The molecule has 4 rings (SSSR count). The minimum absolute atomic E-state index is 0.0183. The number of carbonyl (C=O) groups is 1. The highest BCUT2D eigenvalue weighted by molar-refractivity contribution is 5.93. The van der Waals surface area contributed by atoms with Gasteiger partial charge in [0.15, 0.2) is 0 Å². The maximum absolute atomic E-state index is 12.7. The van der Waals surface area contributed by atoms with E-state index in [1.807, 2.05) is 29.8 Å². The SMILES string of the molecule is Cc1nccn1-c1ccnc(C(=O)NC2CCc3cc(CN)ccc32)c1. The van der Waals surface area contributed by atoms with Crippen LogP contribution in [-0.2, 0) is 13.0 Å². The van der Waals surface area contributed by atoms with Crippen LogP contribution in [0, 0.1) is 6.92 Å². The van der Waals surface area contributed by atoms with E-state index in [-0.39, 0.29) is 11.9 Å². The first kappa shape index (κ1) is 16.5. The van der Waals surface area contributed by atoms with E-state index < -0.39 is 0 Å². The standard InChI is InChI=1S/C20H21N5O/c1-13-22-8-9-25(13)16-6-7-23-19(11-16)20(26)24-18-5-3-15-10-14(12-21)2-4-17(15)18/h2,4,6-11,18H,3,5,12,21H2,1H3,(H,24,26). The van der Waals surface area contributed by atoms with Gasteiger partial charge in [-0.15, -0.1) is 0 Å². The Bertz CT molecular complexity index is 962. The van der Waals surface area contributed by atoms with Crippen LogP contribution in [0.4, 0.5) is 0 Å². The summed E-state index contributed by atoms with van der Waals surface area (Å²) < 4.78 is 1.93. The minimum atomic E-state index is -0.162. The van der Waals surface area contributed by atoms with E-state index in [0.717, 1.165) is 29.9 Å². The van der Waals surface area contributed by atoms with Gasteiger partial charge in [-0.1, -0.05) is 18.2 Å². The molecule has 6 nitrogen and oxygen atoms in total. The van der Waals surface area contributed by atoms with Crippen molar-refractivity contribution in [3.05, 3.63) is 77.1 Å². The molecule has 3 aromatic rings. The number of nitrogens with one attached hydrogen (secondary N) is 1. The molecule has 1 aromatic carbocycles. The molecule has 0 aliphatic heterocycles. The number of imidazole rings is 1. The molecule has 26 heavy (non-hydrogen) atoms. The van der Waals surface area contributed by atoms with Crippen molar-refractivity contribution in [3.8, 4) is 5.69 Å². The van der Waals surface area contributed by atoms with Gasteiger partial charge in [-0.25, -0.2) is 4.98 Å². The Morgan fingerprint density at radius 2 is 2.15 bits per heavy atom. The first-order valence-corrected chi connectivity index (χ1v) is 8.74. The smallest absolute Gasteiger partial charge is 0.270 e. The summed E-state index contributed by atoms with van der Waals surface area (Å²) in [7, 11) is 0. The van der Waals surface area contributed by atoms with Gasteiger partial charge < -0.3 is 15.6 Å². The summed E-state index contributed by atoms with van der Waals surface area (Å²) in [5.74, 6) is 0.702. The van der Waals surface area contributed by atoms with Crippen molar-refractivity contribution in [3.63, 3.8) is 0 Å². The van der Waals surface area contributed by atoms with Crippen molar-refractivity contribution in [1.82, 2.24) is 19.9 Å². The fourth-order valence-corrected chi connectivity index (χ4v) is 3.52. The third-order valence-corrected chi connectivity index (χ3v) is 4.91. The van der Waals surface area contributed by atoms with E-state index >= 15 is 0 Å². The van der Waals surface area contributed by atoms with E-state index in [0.29, 0.717) is 12.2 Å². The molecule has 6 heteroatoms. The summed E-state index contributed by atoms with van der Waals surface area (Å²) in [4.78, 5) is 21.2. The van der Waals surface area contributed by atoms with Gasteiger partial charge in [-0.2, -0.15) is 0 Å². The number of aromatic nitrogens is 3. The van der Waals surface area contributed by atoms with Crippen molar-refractivity contribution >= 4 is 5.91 Å². The summed E-state index contributed by atoms with van der Waals surface area (Å²) in [6.07, 6.45) is 7.11. The van der Waals surface area contributed by atoms with Crippen LogP contribution in [0.1, 0.15) is 45.5 Å². The zero-order valence-electron chi connectivity index (χ0n) is 14.6. The van der Waals surface area contributed by atoms with Crippen molar-refractivity contribution in [1.29, 1.82) is 0 Å². The van der Waals surface area contributed by atoms with Gasteiger partial charge in [-0.05, 0) is 48.6 Å². The number of rotatable bonds is 4. The molecule has 2 heterocycles. The quantitative estimate of drug-likeness (QED) is 0.759. The zero-order valence-corrected chi connectivity index (χ0v) is 14.6. The Morgan fingerprint density at radius 3 is 2.92 bits per heavy atom. The molecule has 1 unspecified atom stereocenters. The third-order valence-electron chi connectivity index (χ3n) is 4.91. The highest BCUT2D eigenvalue weighted by Gasteiger charge is 2.25. The molecule has 1 amide bonds. The number of carbonyl (C=O) groups excluding carboxylic acids is 1. The first-order chi connectivity index (χ1) is 12.7. The summed E-state index contributed by atoms with van der Waals surface area (Å²) in [5.41, 5.74) is 10.6. The highest BCUT2D eigenvalue weighted by Crippen LogP contribution is 2.32. The highest BCUT2D eigenvalue weighted by atomic mass is 16.1. The Kier molecular flexibility index (Phi) is 4.26. The minimum Gasteiger partial charge on any atom is -0.344 e. The lowest BCUT2D eigenvalue weighted by Crippen LogP contribution is -2.28. The molecule has 0 saturated heterocycles. The Hall–Kier alpha value is -2.99. The molecule has 0 fully saturated rings. The molecule has 1 aliphatic rings. The summed E-state index contributed by atoms with van der Waals surface area (Å²) >= 11 is 0. The molecule has 1 aliphatic carbocycles. The fraction of sp³-hybridized carbons (Fsp3) is 0.250. The fourth-order valence-electron chi connectivity index (χ4n) is 3.52. The number of hydrogen-bond acceptors (Lipinski definition) is 4. The van der Waals surface area contributed by atoms with E-state index in [9.17, 15) is 4.79 Å². The van der Waals surface area contributed by atoms with Crippen molar-refractivity contribution in [2.24, 2.45) is 5.73 Å². The van der Waals surface area contributed by atoms with Gasteiger partial charge in [-0.3, -0.25) is 9.78 Å². The number of amides is 1. The van der Waals surface area contributed by atoms with Gasteiger partial charge in [0.2, 0.25) is 0 Å². The summed E-state index contributed by atoms with van der Waals surface area (Å²) in [6, 6.07) is 9.92. The number of pyridine rings is 1. The average Bonchev–Trinajstić information content (AvgIpc) is 3.27. The molecular formula is C20H21N5O. The molecule has 3 N–H and O–H groups in total. The second-order valence-electron chi connectivity index (χ2n) is 6.55. The van der Waals surface area contributed by atoms with Gasteiger partial charge in [0.25, 0.3) is 5.91 Å². The monoisotopic (exact) mass is 347 g/mol. The summed E-state index contributed by atoms with van der Waals surface area (Å²) in [6.45, 7) is 2.46. The van der Waals surface area contributed by atoms with Gasteiger partial charge in [0.05, 0.1) is 11.7 Å². The van der Waals surface area contributed by atoms with Crippen molar-refractivity contribution < 1.29 is 4.79 Å². The molecule has 2 aromatic heterocycles. The van der Waals surface area contributed by atoms with Gasteiger partial charge >= 0.3 is 0 Å². The molecule has 0 spiro atoms. The molecule has 132 valence electrons. The van der Waals surface area contributed by atoms with Crippen LogP contribution in [0.3, 0.4) is 0 Å². The van der Waals surface area contributed by atoms with E-state index in [1.54, 1.807) is 18.5 Å². The number of aryl methyl sites for hydroxylation is 2. The maximum Gasteiger partial charge on any atom is 0.270 e. The molecule has 0 saturated carbocycles. The van der Waals surface area contributed by atoms with Crippen LogP contribution in [-0.4, -0.2) is 20.4 Å². The summed E-state index contributed by atoms with van der Waals surface area (Å²) in [5, 5.41) is 3.12. The topological polar surface area (TPSA) is 85.8 Å². The lowest BCUT2D eigenvalue weighted by Gasteiger charge is -2.15. The Balaban J connectivity index is 1.54. The lowest BCUT2D eigenvalue weighted by atomic mass is 10.0. The maximum atomic E-state index is 12.7. The second kappa shape index (κ2) is 6.72. The van der Waals surface area contributed by atoms with Crippen molar-refractivity contribution in [2.45, 2.75) is 32.4 Å². The van der Waals surface area contributed by atoms with Crippen LogP contribution in [0.25, 0.3) is 5.69 Å².